The molecule has 1 N–H and O–H groups in total. The largest absolute Gasteiger partial charge is 0.473 e. The molecule has 0 atom stereocenters. The van der Waals surface area contributed by atoms with Crippen LogP contribution in [0.4, 0.5) is 5.82 Å². The van der Waals surface area contributed by atoms with Crippen LogP contribution in [0.25, 0.3) is 0 Å². The first-order chi connectivity index (χ1) is 10.2. The van der Waals surface area contributed by atoms with Gasteiger partial charge in [0, 0.05) is 23.0 Å². The van der Waals surface area contributed by atoms with E-state index in [1.165, 1.54) is 12.8 Å². The zero-order chi connectivity index (χ0) is 14.7. The van der Waals surface area contributed by atoms with Gasteiger partial charge in [0.15, 0.2) is 0 Å². The SMILES string of the molecule is CCNc1cc(OCc2cccc(Br)c2)nc(C2CC2)n1. The van der Waals surface area contributed by atoms with Crippen molar-refractivity contribution < 1.29 is 4.74 Å². The minimum atomic E-state index is 0.506. The summed E-state index contributed by atoms with van der Waals surface area (Å²) < 4.78 is 6.89. The Morgan fingerprint density at radius 1 is 1.29 bits per heavy atom. The van der Waals surface area contributed by atoms with Gasteiger partial charge in [-0.05, 0) is 37.5 Å². The van der Waals surface area contributed by atoms with Crippen molar-refractivity contribution >= 4 is 21.7 Å². The van der Waals surface area contributed by atoms with E-state index in [0.29, 0.717) is 18.4 Å². The Morgan fingerprint density at radius 3 is 2.86 bits per heavy atom. The highest BCUT2D eigenvalue weighted by molar-refractivity contribution is 9.10. The topological polar surface area (TPSA) is 47.0 Å². The molecule has 0 spiro atoms. The summed E-state index contributed by atoms with van der Waals surface area (Å²) >= 11 is 3.47. The third kappa shape index (κ3) is 3.94. The zero-order valence-corrected chi connectivity index (χ0v) is 13.6. The third-order valence-corrected chi connectivity index (χ3v) is 3.79. The van der Waals surface area contributed by atoms with Gasteiger partial charge in [0.1, 0.15) is 18.2 Å². The number of hydrogen-bond acceptors (Lipinski definition) is 4. The van der Waals surface area contributed by atoms with E-state index < -0.39 is 0 Å². The second-order valence-electron chi connectivity index (χ2n) is 5.17. The molecule has 0 bridgehead atoms. The molecule has 4 nitrogen and oxygen atoms in total. The highest BCUT2D eigenvalue weighted by Crippen LogP contribution is 2.39. The van der Waals surface area contributed by atoms with Crippen molar-refractivity contribution in [3.05, 3.63) is 46.2 Å². The van der Waals surface area contributed by atoms with Crippen molar-refractivity contribution in [2.24, 2.45) is 0 Å². The van der Waals surface area contributed by atoms with Crippen molar-refractivity contribution in [3.8, 4) is 5.88 Å². The molecule has 5 heteroatoms. The van der Waals surface area contributed by atoms with Gasteiger partial charge in [-0.15, -0.1) is 0 Å². The number of benzene rings is 1. The Labute approximate surface area is 133 Å². The molecule has 1 saturated carbocycles. The molecule has 3 rings (SSSR count). The summed E-state index contributed by atoms with van der Waals surface area (Å²) in [6, 6.07) is 9.96. The molecule has 110 valence electrons. The average molecular weight is 348 g/mol. The molecular formula is C16H18BrN3O. The van der Waals surface area contributed by atoms with Crippen LogP contribution in [0.15, 0.2) is 34.8 Å². The molecule has 21 heavy (non-hydrogen) atoms. The molecule has 1 heterocycles. The van der Waals surface area contributed by atoms with Gasteiger partial charge in [-0.1, -0.05) is 28.1 Å². The van der Waals surface area contributed by atoms with Crippen LogP contribution >= 0.6 is 15.9 Å². The normalized spacial score (nSPS) is 14.0. The minimum Gasteiger partial charge on any atom is -0.473 e. The van der Waals surface area contributed by atoms with Gasteiger partial charge in [-0.3, -0.25) is 0 Å². The quantitative estimate of drug-likeness (QED) is 0.853. The number of aromatic nitrogens is 2. The van der Waals surface area contributed by atoms with E-state index in [-0.39, 0.29) is 0 Å². The predicted molar refractivity (Wildman–Crippen MR) is 86.6 cm³/mol. The van der Waals surface area contributed by atoms with Crippen LogP contribution in [0.2, 0.25) is 0 Å². The lowest BCUT2D eigenvalue weighted by atomic mass is 10.2. The Hall–Kier alpha value is -1.62. The highest BCUT2D eigenvalue weighted by atomic mass is 79.9. The summed E-state index contributed by atoms with van der Waals surface area (Å²) in [5, 5.41) is 3.24. The summed E-state index contributed by atoms with van der Waals surface area (Å²) in [6.07, 6.45) is 2.36. The van der Waals surface area contributed by atoms with E-state index >= 15 is 0 Å². The number of nitrogens with zero attached hydrogens (tertiary/aromatic N) is 2. The van der Waals surface area contributed by atoms with Gasteiger partial charge in [-0.25, -0.2) is 4.98 Å². The first-order valence-electron chi connectivity index (χ1n) is 7.24. The van der Waals surface area contributed by atoms with Crippen LogP contribution in [-0.2, 0) is 6.61 Å². The number of halogens is 1. The Bertz CT molecular complexity index is 629. The maximum atomic E-state index is 5.84. The fourth-order valence-electron chi connectivity index (χ4n) is 2.10. The van der Waals surface area contributed by atoms with Crippen LogP contribution in [0, 0.1) is 0 Å². The molecule has 0 aliphatic heterocycles. The molecule has 1 aliphatic rings. The summed E-state index contributed by atoms with van der Waals surface area (Å²) in [6.45, 7) is 3.40. The van der Waals surface area contributed by atoms with Crippen molar-refractivity contribution in [3.63, 3.8) is 0 Å². The van der Waals surface area contributed by atoms with Gasteiger partial charge >= 0.3 is 0 Å². The lowest BCUT2D eigenvalue weighted by Crippen LogP contribution is -2.05. The fourth-order valence-corrected chi connectivity index (χ4v) is 2.54. The first-order valence-corrected chi connectivity index (χ1v) is 8.04. The van der Waals surface area contributed by atoms with Crippen LogP contribution in [0.3, 0.4) is 0 Å². The molecule has 0 saturated heterocycles. The molecule has 1 aliphatic carbocycles. The summed E-state index contributed by atoms with van der Waals surface area (Å²) in [5.74, 6) is 2.90. The monoisotopic (exact) mass is 347 g/mol. The fraction of sp³-hybridized carbons (Fsp3) is 0.375. The lowest BCUT2D eigenvalue weighted by Gasteiger charge is -2.10. The van der Waals surface area contributed by atoms with Gasteiger partial charge in [0.05, 0.1) is 0 Å². The number of anilines is 1. The van der Waals surface area contributed by atoms with E-state index in [1.807, 2.05) is 30.3 Å². The third-order valence-electron chi connectivity index (χ3n) is 3.30. The van der Waals surface area contributed by atoms with E-state index in [1.54, 1.807) is 0 Å². The summed E-state index contributed by atoms with van der Waals surface area (Å²) in [5.41, 5.74) is 1.11. The van der Waals surface area contributed by atoms with Gasteiger partial charge in [0.25, 0.3) is 0 Å². The Morgan fingerprint density at radius 2 is 2.14 bits per heavy atom. The first kappa shape index (κ1) is 14.3. The van der Waals surface area contributed by atoms with E-state index in [4.69, 9.17) is 4.74 Å². The van der Waals surface area contributed by atoms with Crippen molar-refractivity contribution in [1.29, 1.82) is 0 Å². The zero-order valence-electron chi connectivity index (χ0n) is 12.0. The number of hydrogen-bond donors (Lipinski definition) is 1. The van der Waals surface area contributed by atoms with E-state index in [9.17, 15) is 0 Å². The molecule has 1 aromatic heterocycles. The van der Waals surface area contributed by atoms with Crippen molar-refractivity contribution in [2.75, 3.05) is 11.9 Å². The number of rotatable bonds is 6. The molecule has 2 aromatic rings. The molecule has 0 unspecified atom stereocenters. The maximum Gasteiger partial charge on any atom is 0.219 e. The van der Waals surface area contributed by atoms with E-state index in [0.717, 1.165) is 28.2 Å². The van der Waals surface area contributed by atoms with Gasteiger partial charge < -0.3 is 10.1 Å². The number of ether oxygens (including phenoxy) is 1. The Balaban J connectivity index is 1.74. The standard InChI is InChI=1S/C16H18BrN3O/c1-2-18-14-9-15(20-16(19-14)12-6-7-12)21-10-11-4-3-5-13(17)8-11/h3-5,8-9,12H,2,6-7,10H2,1H3,(H,18,19,20). The second kappa shape index (κ2) is 6.43. The van der Waals surface area contributed by atoms with Crippen LogP contribution in [0.5, 0.6) is 5.88 Å². The van der Waals surface area contributed by atoms with Gasteiger partial charge in [-0.2, -0.15) is 4.98 Å². The predicted octanol–water partition coefficient (Wildman–Crippen LogP) is 4.13. The van der Waals surface area contributed by atoms with Crippen LogP contribution < -0.4 is 10.1 Å². The number of nitrogens with one attached hydrogen (secondary N) is 1. The van der Waals surface area contributed by atoms with Crippen LogP contribution in [0.1, 0.15) is 37.1 Å². The Kier molecular flexibility index (Phi) is 4.39. The van der Waals surface area contributed by atoms with Crippen LogP contribution in [-0.4, -0.2) is 16.5 Å². The summed E-state index contributed by atoms with van der Waals surface area (Å²) in [4.78, 5) is 9.07. The molecular weight excluding hydrogens is 330 g/mol. The smallest absolute Gasteiger partial charge is 0.219 e. The van der Waals surface area contributed by atoms with Gasteiger partial charge in [0.2, 0.25) is 5.88 Å². The maximum absolute atomic E-state index is 5.84. The average Bonchev–Trinajstić information content (AvgIpc) is 3.30. The lowest BCUT2D eigenvalue weighted by molar-refractivity contribution is 0.292. The molecule has 0 radical (unpaired) electrons. The van der Waals surface area contributed by atoms with Crippen molar-refractivity contribution in [1.82, 2.24) is 9.97 Å². The highest BCUT2D eigenvalue weighted by Gasteiger charge is 2.27. The minimum absolute atomic E-state index is 0.506. The van der Waals surface area contributed by atoms with E-state index in [2.05, 4.69) is 38.1 Å². The second-order valence-corrected chi connectivity index (χ2v) is 6.09. The molecule has 1 fully saturated rings. The molecule has 0 amide bonds. The summed E-state index contributed by atoms with van der Waals surface area (Å²) in [7, 11) is 0. The molecule has 1 aromatic carbocycles. The van der Waals surface area contributed by atoms with Crippen molar-refractivity contribution in [2.45, 2.75) is 32.3 Å².